The van der Waals surface area contributed by atoms with E-state index in [2.05, 4.69) is 23.4 Å². The van der Waals surface area contributed by atoms with Gasteiger partial charge in [0.05, 0.1) is 5.60 Å². The van der Waals surface area contributed by atoms with Crippen LogP contribution in [0.25, 0.3) is 0 Å². The first-order valence-electron chi connectivity index (χ1n) is 7.89. The van der Waals surface area contributed by atoms with Gasteiger partial charge in [0.25, 0.3) is 0 Å². The Kier molecular flexibility index (Phi) is 5.03. The van der Waals surface area contributed by atoms with E-state index in [4.69, 9.17) is 0 Å². The molecule has 1 aromatic heterocycles. The van der Waals surface area contributed by atoms with Crippen LogP contribution >= 0.6 is 0 Å². The number of rotatable bonds is 6. The van der Waals surface area contributed by atoms with Gasteiger partial charge < -0.3 is 9.67 Å². The lowest BCUT2D eigenvalue weighted by Crippen LogP contribution is -2.37. The third kappa shape index (κ3) is 3.82. The maximum absolute atomic E-state index is 10.8. The molecular formula is C16H28N2O. The second-order valence-electron chi connectivity index (χ2n) is 6.17. The van der Waals surface area contributed by atoms with Crippen molar-refractivity contribution in [3.05, 3.63) is 18.2 Å². The molecule has 3 heteroatoms. The van der Waals surface area contributed by atoms with Crippen LogP contribution in [0.2, 0.25) is 0 Å². The summed E-state index contributed by atoms with van der Waals surface area (Å²) >= 11 is 0. The number of aromatic nitrogens is 2. The van der Waals surface area contributed by atoms with E-state index >= 15 is 0 Å². The average molecular weight is 264 g/mol. The quantitative estimate of drug-likeness (QED) is 0.853. The standard InChI is InChI=1S/C16H28N2O/c1-3-5-14-6-8-16(19,9-7-14)13-15-17-10-12-18(15)11-4-2/h10,12,14,19H,3-9,11,13H2,1-2H3. The van der Waals surface area contributed by atoms with Crippen molar-refractivity contribution in [2.24, 2.45) is 5.92 Å². The minimum atomic E-state index is -0.513. The maximum Gasteiger partial charge on any atom is 0.111 e. The second kappa shape index (κ2) is 6.56. The average Bonchev–Trinajstić information content (AvgIpc) is 2.80. The Morgan fingerprint density at radius 2 is 2.05 bits per heavy atom. The molecule has 0 spiro atoms. The molecule has 1 fully saturated rings. The SMILES string of the molecule is CCCC1CCC(O)(Cc2nccn2CCC)CC1. The Morgan fingerprint density at radius 1 is 1.32 bits per heavy atom. The normalized spacial score (nSPS) is 27.6. The van der Waals surface area contributed by atoms with Crippen LogP contribution in [-0.2, 0) is 13.0 Å². The van der Waals surface area contributed by atoms with Crippen LogP contribution in [0, 0.1) is 5.92 Å². The first-order valence-corrected chi connectivity index (χ1v) is 7.89. The van der Waals surface area contributed by atoms with Crippen LogP contribution in [0.4, 0.5) is 0 Å². The predicted molar refractivity (Wildman–Crippen MR) is 78.0 cm³/mol. The summed E-state index contributed by atoms with van der Waals surface area (Å²) < 4.78 is 2.19. The van der Waals surface area contributed by atoms with Crippen molar-refractivity contribution < 1.29 is 5.11 Å². The number of imidazole rings is 1. The number of aryl methyl sites for hydroxylation is 1. The summed E-state index contributed by atoms with van der Waals surface area (Å²) in [7, 11) is 0. The zero-order valence-corrected chi connectivity index (χ0v) is 12.4. The van der Waals surface area contributed by atoms with E-state index in [1.54, 1.807) is 0 Å². The minimum Gasteiger partial charge on any atom is -0.389 e. The molecule has 1 aliphatic rings. The molecule has 0 unspecified atom stereocenters. The van der Waals surface area contributed by atoms with E-state index in [0.29, 0.717) is 0 Å². The zero-order chi connectivity index (χ0) is 13.7. The van der Waals surface area contributed by atoms with Crippen molar-refractivity contribution in [2.45, 2.75) is 77.4 Å². The van der Waals surface area contributed by atoms with Gasteiger partial charge in [0.15, 0.2) is 0 Å². The van der Waals surface area contributed by atoms with Gasteiger partial charge in [-0.05, 0) is 38.0 Å². The van der Waals surface area contributed by atoms with Gasteiger partial charge in [-0.3, -0.25) is 0 Å². The fourth-order valence-corrected chi connectivity index (χ4v) is 3.33. The first-order chi connectivity index (χ1) is 9.17. The van der Waals surface area contributed by atoms with Gasteiger partial charge in [0.2, 0.25) is 0 Å². The van der Waals surface area contributed by atoms with Crippen molar-refractivity contribution in [3.8, 4) is 0 Å². The summed E-state index contributed by atoms with van der Waals surface area (Å²) in [4.78, 5) is 4.43. The Bertz CT molecular complexity index is 378. The van der Waals surface area contributed by atoms with E-state index in [9.17, 15) is 5.11 Å². The van der Waals surface area contributed by atoms with Crippen LogP contribution in [0.15, 0.2) is 12.4 Å². The van der Waals surface area contributed by atoms with Gasteiger partial charge in [-0.25, -0.2) is 4.98 Å². The summed E-state index contributed by atoms with van der Waals surface area (Å²) in [5.74, 6) is 1.89. The maximum atomic E-state index is 10.8. The van der Waals surface area contributed by atoms with Gasteiger partial charge >= 0.3 is 0 Å². The molecule has 1 saturated carbocycles. The van der Waals surface area contributed by atoms with Crippen molar-refractivity contribution in [2.75, 3.05) is 0 Å². The third-order valence-corrected chi connectivity index (χ3v) is 4.49. The van der Waals surface area contributed by atoms with E-state index in [1.165, 1.54) is 25.7 Å². The van der Waals surface area contributed by atoms with Gasteiger partial charge in [-0.1, -0.05) is 26.7 Å². The van der Waals surface area contributed by atoms with Gasteiger partial charge in [0.1, 0.15) is 5.82 Å². The Hall–Kier alpha value is -0.830. The highest BCUT2D eigenvalue weighted by molar-refractivity contribution is 5.00. The molecule has 1 N–H and O–H groups in total. The molecule has 108 valence electrons. The summed E-state index contributed by atoms with van der Waals surface area (Å²) in [5, 5.41) is 10.8. The molecule has 0 aromatic carbocycles. The lowest BCUT2D eigenvalue weighted by molar-refractivity contribution is -0.0121. The molecule has 1 aromatic rings. The number of aliphatic hydroxyl groups is 1. The minimum absolute atomic E-state index is 0.513. The Morgan fingerprint density at radius 3 is 2.68 bits per heavy atom. The molecule has 3 nitrogen and oxygen atoms in total. The summed E-state index contributed by atoms with van der Waals surface area (Å²) in [6.07, 6.45) is 12.6. The zero-order valence-electron chi connectivity index (χ0n) is 12.4. The van der Waals surface area contributed by atoms with E-state index < -0.39 is 5.60 Å². The number of hydrogen-bond donors (Lipinski definition) is 1. The highest BCUT2D eigenvalue weighted by Crippen LogP contribution is 2.36. The molecule has 19 heavy (non-hydrogen) atoms. The molecule has 1 heterocycles. The molecule has 2 rings (SSSR count). The first kappa shape index (κ1) is 14.6. The molecule has 0 saturated heterocycles. The third-order valence-electron chi connectivity index (χ3n) is 4.49. The summed E-state index contributed by atoms with van der Waals surface area (Å²) in [5.41, 5.74) is -0.513. The van der Waals surface area contributed by atoms with E-state index in [-0.39, 0.29) is 0 Å². The highest BCUT2D eigenvalue weighted by Gasteiger charge is 2.34. The van der Waals surface area contributed by atoms with Gasteiger partial charge in [0, 0.05) is 25.4 Å². The molecule has 0 radical (unpaired) electrons. The van der Waals surface area contributed by atoms with E-state index in [0.717, 1.165) is 44.0 Å². The van der Waals surface area contributed by atoms with Gasteiger partial charge in [-0.2, -0.15) is 0 Å². The van der Waals surface area contributed by atoms with Crippen LogP contribution in [0.3, 0.4) is 0 Å². The lowest BCUT2D eigenvalue weighted by Gasteiger charge is -2.36. The predicted octanol–water partition coefficient (Wildman–Crippen LogP) is 3.56. The molecule has 1 aliphatic carbocycles. The van der Waals surface area contributed by atoms with Crippen molar-refractivity contribution in [1.82, 2.24) is 9.55 Å². The molecule has 0 amide bonds. The van der Waals surface area contributed by atoms with E-state index in [1.807, 2.05) is 12.4 Å². The monoisotopic (exact) mass is 264 g/mol. The van der Waals surface area contributed by atoms with Crippen molar-refractivity contribution in [1.29, 1.82) is 0 Å². The molecule has 0 atom stereocenters. The number of hydrogen-bond acceptors (Lipinski definition) is 2. The number of nitrogens with zero attached hydrogens (tertiary/aromatic N) is 2. The topological polar surface area (TPSA) is 38.1 Å². The molecular weight excluding hydrogens is 236 g/mol. The highest BCUT2D eigenvalue weighted by atomic mass is 16.3. The molecule has 0 bridgehead atoms. The lowest BCUT2D eigenvalue weighted by atomic mass is 9.75. The van der Waals surface area contributed by atoms with Crippen LogP contribution < -0.4 is 0 Å². The molecule has 0 aliphatic heterocycles. The second-order valence-corrected chi connectivity index (χ2v) is 6.17. The van der Waals surface area contributed by atoms with Crippen molar-refractivity contribution in [3.63, 3.8) is 0 Å². The summed E-state index contributed by atoms with van der Waals surface area (Å²) in [6, 6.07) is 0. The van der Waals surface area contributed by atoms with Crippen LogP contribution in [-0.4, -0.2) is 20.3 Å². The largest absolute Gasteiger partial charge is 0.389 e. The Balaban J connectivity index is 1.93. The van der Waals surface area contributed by atoms with Crippen LogP contribution in [0.1, 0.15) is 64.6 Å². The van der Waals surface area contributed by atoms with Gasteiger partial charge in [-0.15, -0.1) is 0 Å². The van der Waals surface area contributed by atoms with Crippen LogP contribution in [0.5, 0.6) is 0 Å². The fourth-order valence-electron chi connectivity index (χ4n) is 3.33. The Labute approximate surface area is 117 Å². The smallest absolute Gasteiger partial charge is 0.111 e. The summed E-state index contributed by atoms with van der Waals surface area (Å²) in [6.45, 7) is 5.43. The van der Waals surface area contributed by atoms with Crippen molar-refractivity contribution >= 4 is 0 Å². The fraction of sp³-hybridized carbons (Fsp3) is 0.812.